The van der Waals surface area contributed by atoms with Crippen molar-refractivity contribution < 1.29 is 13.9 Å². The van der Waals surface area contributed by atoms with Crippen LogP contribution < -0.4 is 11.1 Å². The number of nitrogens with one attached hydrogen (secondary N) is 1. The van der Waals surface area contributed by atoms with Gasteiger partial charge in [0.15, 0.2) is 0 Å². The molecular weight excluding hydrogens is 294 g/mol. The van der Waals surface area contributed by atoms with E-state index in [1.54, 1.807) is 18.3 Å². The van der Waals surface area contributed by atoms with Gasteiger partial charge in [-0.05, 0) is 36.1 Å². The van der Waals surface area contributed by atoms with E-state index >= 15 is 0 Å². The van der Waals surface area contributed by atoms with Gasteiger partial charge in [-0.15, -0.1) is 11.3 Å². The van der Waals surface area contributed by atoms with Crippen molar-refractivity contribution in [2.45, 2.75) is 31.7 Å². The van der Waals surface area contributed by atoms with Crippen molar-refractivity contribution in [3.05, 3.63) is 57.8 Å². The van der Waals surface area contributed by atoms with Gasteiger partial charge in [0.05, 0.1) is 12.1 Å². The third kappa shape index (κ3) is 4.31. The van der Waals surface area contributed by atoms with Gasteiger partial charge in [-0.1, -0.05) is 6.07 Å². The first kappa shape index (κ1) is 16.0. The molecule has 0 aliphatic heterocycles. The van der Waals surface area contributed by atoms with Crippen molar-refractivity contribution >= 4 is 11.3 Å². The van der Waals surface area contributed by atoms with Gasteiger partial charge in [0, 0.05) is 23.5 Å². The molecule has 1 heterocycles. The molecule has 0 amide bonds. The Balaban J connectivity index is 2.22. The fourth-order valence-corrected chi connectivity index (χ4v) is 2.79. The standard InChI is InChI=1S/C15H18F2N2OS/c1-9(20)14(18)15(19-8-13-3-2-4-21-13)10-5-11(16)7-12(17)6-10/h2-7,9,14-15,19-20H,8,18H2,1H3/t9-,14-,15?/m1/s1. The summed E-state index contributed by atoms with van der Waals surface area (Å²) >= 11 is 1.57. The van der Waals surface area contributed by atoms with Crippen LogP contribution in [-0.2, 0) is 6.54 Å². The lowest BCUT2D eigenvalue weighted by Gasteiger charge is -2.27. The number of benzene rings is 1. The molecule has 114 valence electrons. The number of aliphatic hydroxyl groups excluding tert-OH is 1. The molecule has 21 heavy (non-hydrogen) atoms. The predicted molar refractivity (Wildman–Crippen MR) is 79.9 cm³/mol. The minimum absolute atomic E-state index is 0.387. The molecule has 3 atom stereocenters. The van der Waals surface area contributed by atoms with Crippen molar-refractivity contribution in [3.63, 3.8) is 0 Å². The molecule has 0 saturated heterocycles. The maximum absolute atomic E-state index is 13.4. The van der Waals surface area contributed by atoms with E-state index in [-0.39, 0.29) is 0 Å². The van der Waals surface area contributed by atoms with Crippen molar-refractivity contribution in [2.75, 3.05) is 0 Å². The number of halogens is 2. The molecule has 1 unspecified atom stereocenters. The summed E-state index contributed by atoms with van der Waals surface area (Å²) in [6, 6.07) is 5.94. The Morgan fingerprint density at radius 2 is 1.95 bits per heavy atom. The zero-order valence-electron chi connectivity index (χ0n) is 11.6. The molecule has 0 spiro atoms. The largest absolute Gasteiger partial charge is 0.392 e. The SMILES string of the molecule is C[C@@H](O)[C@@H](N)C(NCc1cccs1)c1cc(F)cc(F)c1. The fourth-order valence-electron chi connectivity index (χ4n) is 2.13. The van der Waals surface area contributed by atoms with Crippen LogP contribution in [0.25, 0.3) is 0 Å². The fraction of sp³-hybridized carbons (Fsp3) is 0.333. The highest BCUT2D eigenvalue weighted by Crippen LogP contribution is 2.22. The Hall–Kier alpha value is -1.34. The highest BCUT2D eigenvalue weighted by atomic mass is 32.1. The summed E-state index contributed by atoms with van der Waals surface area (Å²) < 4.78 is 26.8. The number of aliphatic hydroxyl groups is 1. The zero-order valence-corrected chi connectivity index (χ0v) is 12.4. The van der Waals surface area contributed by atoms with Crippen LogP contribution in [0.15, 0.2) is 35.7 Å². The lowest BCUT2D eigenvalue weighted by molar-refractivity contribution is 0.142. The average Bonchev–Trinajstić information content (AvgIpc) is 2.90. The minimum atomic E-state index is -0.808. The molecule has 1 aromatic carbocycles. The first-order chi connectivity index (χ1) is 9.97. The highest BCUT2D eigenvalue weighted by Gasteiger charge is 2.24. The zero-order chi connectivity index (χ0) is 15.4. The summed E-state index contributed by atoms with van der Waals surface area (Å²) in [5, 5.41) is 14.8. The van der Waals surface area contributed by atoms with Crippen molar-refractivity contribution in [2.24, 2.45) is 5.73 Å². The summed E-state index contributed by atoms with van der Waals surface area (Å²) in [7, 11) is 0. The molecule has 2 aromatic rings. The summed E-state index contributed by atoms with van der Waals surface area (Å²) in [6.45, 7) is 2.07. The third-order valence-corrected chi connectivity index (χ3v) is 4.14. The molecule has 0 radical (unpaired) electrons. The van der Waals surface area contributed by atoms with Crippen molar-refractivity contribution in [3.8, 4) is 0 Å². The van der Waals surface area contributed by atoms with Gasteiger partial charge in [0.25, 0.3) is 0 Å². The molecule has 0 bridgehead atoms. The second-order valence-corrected chi connectivity index (χ2v) is 5.99. The lowest BCUT2D eigenvalue weighted by atomic mass is 9.96. The molecule has 3 nitrogen and oxygen atoms in total. The van der Waals surface area contributed by atoms with E-state index in [0.29, 0.717) is 12.1 Å². The van der Waals surface area contributed by atoms with Crippen LogP contribution >= 0.6 is 11.3 Å². The third-order valence-electron chi connectivity index (χ3n) is 3.26. The number of nitrogens with two attached hydrogens (primary N) is 1. The van der Waals surface area contributed by atoms with Crippen LogP contribution in [0.3, 0.4) is 0 Å². The molecule has 0 aliphatic rings. The van der Waals surface area contributed by atoms with E-state index < -0.39 is 29.8 Å². The second-order valence-electron chi connectivity index (χ2n) is 4.96. The summed E-state index contributed by atoms with van der Waals surface area (Å²) in [6.07, 6.45) is -0.808. The Labute approximate surface area is 126 Å². The topological polar surface area (TPSA) is 58.3 Å². The summed E-state index contributed by atoms with van der Waals surface area (Å²) in [4.78, 5) is 1.08. The molecule has 0 saturated carbocycles. The van der Waals surface area contributed by atoms with Crippen LogP contribution in [0.1, 0.15) is 23.4 Å². The maximum Gasteiger partial charge on any atom is 0.126 e. The van der Waals surface area contributed by atoms with Gasteiger partial charge in [-0.2, -0.15) is 0 Å². The van der Waals surface area contributed by atoms with Crippen LogP contribution in [0, 0.1) is 11.6 Å². The molecule has 0 aliphatic carbocycles. The van der Waals surface area contributed by atoms with Gasteiger partial charge in [0.2, 0.25) is 0 Å². The van der Waals surface area contributed by atoms with Crippen molar-refractivity contribution in [1.29, 1.82) is 0 Å². The second kappa shape index (κ2) is 7.09. The predicted octanol–water partition coefficient (Wildman–Crippen LogP) is 2.57. The number of rotatable bonds is 6. The van der Waals surface area contributed by atoms with Gasteiger partial charge < -0.3 is 16.2 Å². The first-order valence-corrected chi connectivity index (χ1v) is 7.50. The molecule has 0 fully saturated rings. The maximum atomic E-state index is 13.4. The minimum Gasteiger partial charge on any atom is -0.392 e. The first-order valence-electron chi connectivity index (χ1n) is 6.63. The number of thiophene rings is 1. The van der Waals surface area contributed by atoms with Crippen LogP contribution in [0.4, 0.5) is 8.78 Å². The summed E-state index contributed by atoms with van der Waals surface area (Å²) in [5.41, 5.74) is 6.36. The van der Waals surface area contributed by atoms with Crippen LogP contribution in [-0.4, -0.2) is 17.3 Å². The Morgan fingerprint density at radius 1 is 1.29 bits per heavy atom. The molecule has 4 N–H and O–H groups in total. The van der Waals surface area contributed by atoms with Crippen LogP contribution in [0.5, 0.6) is 0 Å². The van der Waals surface area contributed by atoms with E-state index in [1.807, 2.05) is 17.5 Å². The highest BCUT2D eigenvalue weighted by molar-refractivity contribution is 7.09. The Bertz CT molecular complexity index is 555. The van der Waals surface area contributed by atoms with Crippen molar-refractivity contribution in [1.82, 2.24) is 5.32 Å². The van der Waals surface area contributed by atoms with Gasteiger partial charge >= 0.3 is 0 Å². The van der Waals surface area contributed by atoms with E-state index in [9.17, 15) is 13.9 Å². The number of hydrogen-bond donors (Lipinski definition) is 3. The van der Waals surface area contributed by atoms with E-state index in [0.717, 1.165) is 10.9 Å². The molecular formula is C15H18F2N2OS. The van der Waals surface area contributed by atoms with Crippen LogP contribution in [0.2, 0.25) is 0 Å². The molecule has 1 aromatic heterocycles. The summed E-state index contributed by atoms with van der Waals surface area (Å²) in [5.74, 6) is -1.32. The quantitative estimate of drug-likeness (QED) is 0.768. The van der Waals surface area contributed by atoms with Gasteiger partial charge in [-0.25, -0.2) is 8.78 Å². The van der Waals surface area contributed by atoms with E-state index in [1.165, 1.54) is 12.1 Å². The van der Waals surface area contributed by atoms with Gasteiger partial charge in [0.1, 0.15) is 11.6 Å². The normalized spacial score (nSPS) is 15.7. The average molecular weight is 312 g/mol. The van der Waals surface area contributed by atoms with E-state index in [2.05, 4.69) is 5.32 Å². The Morgan fingerprint density at radius 3 is 2.48 bits per heavy atom. The van der Waals surface area contributed by atoms with Gasteiger partial charge in [-0.3, -0.25) is 0 Å². The molecule has 2 rings (SSSR count). The van der Waals surface area contributed by atoms with E-state index in [4.69, 9.17) is 5.73 Å². The monoisotopic (exact) mass is 312 g/mol. The Kier molecular flexibility index (Phi) is 5.41. The molecule has 6 heteroatoms. The lowest BCUT2D eigenvalue weighted by Crippen LogP contribution is -2.44. The number of hydrogen-bond acceptors (Lipinski definition) is 4. The smallest absolute Gasteiger partial charge is 0.126 e.